The molecule has 3 N–H and O–H groups in total. The summed E-state index contributed by atoms with van der Waals surface area (Å²) in [5, 5.41) is 23.6. The number of rotatable bonds is 45. The molecule has 0 rings (SSSR count). The maximum Gasteiger partial charge on any atom is 0.306 e. The molecule has 0 aliphatic rings. The first-order valence-corrected chi connectivity index (χ1v) is 25.2. The summed E-state index contributed by atoms with van der Waals surface area (Å²) in [6, 6.07) is -0.708. The average Bonchev–Trinajstić information content (AvgIpc) is 3.22. The van der Waals surface area contributed by atoms with Crippen LogP contribution in [0.2, 0.25) is 0 Å². The van der Waals surface area contributed by atoms with Crippen LogP contribution in [-0.4, -0.2) is 46.9 Å². The van der Waals surface area contributed by atoms with E-state index in [4.69, 9.17) is 4.74 Å². The first kappa shape index (κ1) is 56.1. The topological polar surface area (TPSA) is 95.9 Å². The number of aliphatic hydroxyl groups excluding tert-OH is 2. The van der Waals surface area contributed by atoms with E-state index >= 15 is 0 Å². The molecule has 3 atom stereocenters. The highest BCUT2D eigenvalue weighted by molar-refractivity contribution is 5.77. The molecule has 0 bridgehead atoms. The molecule has 0 aromatic carbocycles. The van der Waals surface area contributed by atoms with Crippen LogP contribution in [-0.2, 0) is 14.3 Å². The molecule has 6 heteroatoms. The van der Waals surface area contributed by atoms with Crippen LogP contribution in [0.4, 0.5) is 0 Å². The number of aliphatic hydroxyl groups is 2. The van der Waals surface area contributed by atoms with Gasteiger partial charge < -0.3 is 20.3 Å². The molecule has 0 aromatic rings. The van der Waals surface area contributed by atoms with Crippen LogP contribution in [0.15, 0.2) is 36.5 Å². The van der Waals surface area contributed by atoms with E-state index in [9.17, 15) is 19.8 Å². The highest BCUT2D eigenvalue weighted by Gasteiger charge is 2.24. The lowest BCUT2D eigenvalue weighted by atomic mass is 10.0. The van der Waals surface area contributed by atoms with Gasteiger partial charge in [0.25, 0.3) is 0 Å². The van der Waals surface area contributed by atoms with Gasteiger partial charge in [0.2, 0.25) is 5.91 Å². The molecule has 0 radical (unpaired) electrons. The summed E-state index contributed by atoms with van der Waals surface area (Å²) in [6.45, 7) is 6.45. The molecule has 0 spiro atoms. The molecule has 0 aromatic heterocycles. The largest absolute Gasteiger partial charge is 0.462 e. The van der Waals surface area contributed by atoms with Gasteiger partial charge in [-0.3, -0.25) is 9.59 Å². The Kier molecular flexibility index (Phi) is 44.6. The first-order valence-electron chi connectivity index (χ1n) is 25.2. The van der Waals surface area contributed by atoms with Crippen molar-refractivity contribution in [1.29, 1.82) is 0 Å². The highest BCUT2D eigenvalue weighted by atomic mass is 16.5. The predicted molar refractivity (Wildman–Crippen MR) is 250 cm³/mol. The Hall–Kier alpha value is -1.92. The molecule has 0 aliphatic carbocycles. The fourth-order valence-corrected chi connectivity index (χ4v) is 7.59. The Labute approximate surface area is 360 Å². The van der Waals surface area contributed by atoms with Gasteiger partial charge in [-0.15, -0.1) is 0 Å². The monoisotopic (exact) mass is 816 g/mol. The fraction of sp³-hybridized carbons (Fsp3) is 0.846. The molecular formula is C52H97NO5. The molecule has 0 aliphatic heterocycles. The minimum Gasteiger partial charge on any atom is -0.462 e. The van der Waals surface area contributed by atoms with Crippen molar-refractivity contribution in [3.63, 3.8) is 0 Å². The van der Waals surface area contributed by atoms with Crippen LogP contribution in [0.1, 0.15) is 258 Å². The Morgan fingerprint density at radius 2 is 0.879 bits per heavy atom. The third-order valence-electron chi connectivity index (χ3n) is 11.5. The number of carbonyl (C=O) groups excluding carboxylic acids is 2. The predicted octanol–water partition coefficient (Wildman–Crippen LogP) is 14.9. The second kappa shape index (κ2) is 46.2. The molecule has 0 fully saturated rings. The minimum atomic E-state index is -0.792. The van der Waals surface area contributed by atoms with E-state index in [-0.39, 0.29) is 24.9 Å². The summed E-state index contributed by atoms with van der Waals surface area (Å²) in [7, 11) is 0. The number of hydrogen-bond donors (Lipinski definition) is 3. The van der Waals surface area contributed by atoms with Gasteiger partial charge >= 0.3 is 5.97 Å². The Balaban J connectivity index is 4.63. The second-order valence-electron chi connectivity index (χ2n) is 17.2. The summed E-state index contributed by atoms with van der Waals surface area (Å²) in [4.78, 5) is 26.1. The summed E-state index contributed by atoms with van der Waals surface area (Å²) in [5.74, 6) is -0.515. The van der Waals surface area contributed by atoms with Gasteiger partial charge in [-0.1, -0.05) is 205 Å². The van der Waals surface area contributed by atoms with E-state index in [2.05, 4.69) is 62.5 Å². The van der Waals surface area contributed by atoms with Crippen LogP contribution in [0.25, 0.3) is 0 Å². The van der Waals surface area contributed by atoms with E-state index in [1.54, 1.807) is 0 Å². The number of esters is 1. The van der Waals surface area contributed by atoms with Crippen LogP contribution in [0.3, 0.4) is 0 Å². The van der Waals surface area contributed by atoms with Crippen molar-refractivity contribution in [2.75, 3.05) is 6.61 Å². The van der Waals surface area contributed by atoms with E-state index in [0.29, 0.717) is 19.3 Å². The summed E-state index contributed by atoms with van der Waals surface area (Å²) < 4.78 is 5.91. The molecule has 1 amide bonds. The Morgan fingerprint density at radius 1 is 0.500 bits per heavy atom. The SMILES string of the molecule is CCCCCCCCC/C=C/C=C/CCCCCC(=O)OC(CCCCC/C=C/CCCCCCCCC)CC(=O)NC(CO)C(O)CCCCCCCCCCC. The van der Waals surface area contributed by atoms with Crippen LogP contribution in [0, 0.1) is 0 Å². The molecular weight excluding hydrogens is 719 g/mol. The number of nitrogens with one attached hydrogen (secondary N) is 1. The molecule has 3 unspecified atom stereocenters. The molecule has 0 heterocycles. The van der Waals surface area contributed by atoms with Crippen molar-refractivity contribution in [3.8, 4) is 0 Å². The van der Waals surface area contributed by atoms with Gasteiger partial charge in [0.05, 0.1) is 25.2 Å². The van der Waals surface area contributed by atoms with Crippen LogP contribution in [0.5, 0.6) is 0 Å². The standard InChI is InChI=1S/C52H97NO5/c1-4-7-10-13-16-19-21-23-25-26-28-30-33-36-39-42-45-52(57)58-48(43-40-37-34-32-29-27-24-22-20-17-14-11-8-5-2)46-51(56)53-49(47-54)50(55)44-41-38-35-31-18-15-12-9-6-3/h25-30,48-50,54-55H,4-24,31-47H2,1-3H3,(H,53,56)/b26-25+,29-27+,30-28+. The minimum absolute atomic E-state index is 0.0581. The lowest BCUT2D eigenvalue weighted by Crippen LogP contribution is -2.46. The second-order valence-corrected chi connectivity index (χ2v) is 17.2. The number of unbranched alkanes of at least 4 members (excludes halogenated alkanes) is 28. The zero-order chi connectivity index (χ0) is 42.4. The quantitative estimate of drug-likeness (QED) is 0.0246. The molecule has 6 nitrogen and oxygen atoms in total. The summed E-state index contributed by atoms with van der Waals surface area (Å²) in [6.07, 6.45) is 53.5. The fourth-order valence-electron chi connectivity index (χ4n) is 7.59. The van der Waals surface area contributed by atoms with Crippen molar-refractivity contribution in [1.82, 2.24) is 5.32 Å². The third kappa shape index (κ3) is 40.8. The van der Waals surface area contributed by atoms with Crippen molar-refractivity contribution in [3.05, 3.63) is 36.5 Å². The van der Waals surface area contributed by atoms with Crippen molar-refractivity contribution < 1.29 is 24.5 Å². The van der Waals surface area contributed by atoms with Crippen LogP contribution < -0.4 is 5.32 Å². The lowest BCUT2D eigenvalue weighted by Gasteiger charge is -2.24. The molecule has 58 heavy (non-hydrogen) atoms. The smallest absolute Gasteiger partial charge is 0.306 e. The molecule has 0 saturated heterocycles. The van der Waals surface area contributed by atoms with Gasteiger partial charge in [0.1, 0.15) is 6.10 Å². The highest BCUT2D eigenvalue weighted by Crippen LogP contribution is 2.17. The van der Waals surface area contributed by atoms with E-state index in [1.807, 2.05) is 0 Å². The van der Waals surface area contributed by atoms with Gasteiger partial charge in [-0.2, -0.15) is 0 Å². The molecule has 340 valence electrons. The van der Waals surface area contributed by atoms with Crippen LogP contribution >= 0.6 is 0 Å². The van der Waals surface area contributed by atoms with E-state index in [1.165, 1.54) is 128 Å². The number of hydrogen-bond acceptors (Lipinski definition) is 5. The maximum atomic E-state index is 13.2. The Bertz CT molecular complexity index is 961. The number of ether oxygens (including phenoxy) is 1. The summed E-state index contributed by atoms with van der Waals surface area (Å²) in [5.41, 5.74) is 0. The summed E-state index contributed by atoms with van der Waals surface area (Å²) >= 11 is 0. The van der Waals surface area contributed by atoms with Gasteiger partial charge in [-0.25, -0.2) is 0 Å². The zero-order valence-electron chi connectivity index (χ0n) is 38.7. The molecule has 0 saturated carbocycles. The van der Waals surface area contributed by atoms with Crippen molar-refractivity contribution in [2.24, 2.45) is 0 Å². The van der Waals surface area contributed by atoms with E-state index < -0.39 is 18.2 Å². The van der Waals surface area contributed by atoms with Crippen molar-refractivity contribution >= 4 is 11.9 Å². The number of allylic oxidation sites excluding steroid dienone is 6. The first-order chi connectivity index (χ1) is 28.5. The Morgan fingerprint density at radius 3 is 1.34 bits per heavy atom. The average molecular weight is 816 g/mol. The number of carbonyl (C=O) groups is 2. The van der Waals surface area contributed by atoms with Gasteiger partial charge in [0.15, 0.2) is 0 Å². The lowest BCUT2D eigenvalue weighted by molar-refractivity contribution is -0.151. The van der Waals surface area contributed by atoms with Gasteiger partial charge in [0, 0.05) is 6.42 Å². The van der Waals surface area contributed by atoms with Crippen molar-refractivity contribution in [2.45, 2.75) is 277 Å². The zero-order valence-corrected chi connectivity index (χ0v) is 38.7. The van der Waals surface area contributed by atoms with E-state index in [0.717, 1.165) is 83.5 Å². The van der Waals surface area contributed by atoms with Gasteiger partial charge in [-0.05, 0) is 77.0 Å². The number of amides is 1. The third-order valence-corrected chi connectivity index (χ3v) is 11.5. The normalized spacial score (nSPS) is 13.5. The maximum absolute atomic E-state index is 13.2.